The van der Waals surface area contributed by atoms with Crippen molar-refractivity contribution < 1.29 is 9.53 Å². The Morgan fingerprint density at radius 2 is 1.95 bits per heavy atom. The van der Waals surface area contributed by atoms with E-state index in [0.29, 0.717) is 5.56 Å². The van der Waals surface area contributed by atoms with E-state index < -0.39 is 0 Å². The normalized spacial score (nSPS) is 10.8. The molecule has 4 heteroatoms. The van der Waals surface area contributed by atoms with E-state index in [2.05, 4.69) is 33.0 Å². The average molecular weight is 344 g/mol. The minimum atomic E-state index is -0.308. The molecule has 106 valence electrons. The van der Waals surface area contributed by atoms with Crippen LogP contribution in [0.1, 0.15) is 21.5 Å². The van der Waals surface area contributed by atoms with Gasteiger partial charge in [-0.05, 0) is 47.9 Å². The molecule has 0 atom stereocenters. The highest BCUT2D eigenvalue weighted by Gasteiger charge is 2.07. The number of halogens is 1. The van der Waals surface area contributed by atoms with E-state index in [-0.39, 0.29) is 5.97 Å². The summed E-state index contributed by atoms with van der Waals surface area (Å²) in [5.74, 6) is -0.308. The third-order valence-electron chi connectivity index (χ3n) is 3.50. The minimum absolute atomic E-state index is 0.308. The second kappa shape index (κ2) is 5.74. The Hall–Kier alpha value is -2.07. The number of ether oxygens (including phenoxy) is 1. The number of esters is 1. The van der Waals surface area contributed by atoms with Crippen LogP contribution < -0.4 is 0 Å². The standard InChI is InChI=1S/C17H14BrNO2/c1-21-17(20)12-4-2-11(3-5-12)8-13-10-19-16-7-6-14(18)9-15(13)16/h2-7,9-10,19H,8H2,1H3. The van der Waals surface area contributed by atoms with Gasteiger partial charge in [0.15, 0.2) is 0 Å². The zero-order chi connectivity index (χ0) is 14.8. The number of nitrogens with one attached hydrogen (secondary N) is 1. The highest BCUT2D eigenvalue weighted by atomic mass is 79.9. The molecule has 3 rings (SSSR count). The van der Waals surface area contributed by atoms with Crippen molar-refractivity contribution in [1.82, 2.24) is 4.98 Å². The lowest BCUT2D eigenvalue weighted by molar-refractivity contribution is 0.0600. The molecule has 1 N–H and O–H groups in total. The maximum Gasteiger partial charge on any atom is 0.337 e. The van der Waals surface area contributed by atoms with Crippen molar-refractivity contribution in [2.75, 3.05) is 7.11 Å². The summed E-state index contributed by atoms with van der Waals surface area (Å²) in [5, 5.41) is 1.21. The maximum atomic E-state index is 11.4. The molecular formula is C17H14BrNO2. The van der Waals surface area contributed by atoms with E-state index in [1.54, 1.807) is 12.1 Å². The van der Waals surface area contributed by atoms with Gasteiger partial charge in [0.2, 0.25) is 0 Å². The summed E-state index contributed by atoms with van der Waals surface area (Å²) in [5.41, 5.74) is 4.09. The molecule has 2 aromatic carbocycles. The maximum absolute atomic E-state index is 11.4. The lowest BCUT2D eigenvalue weighted by Gasteiger charge is -2.03. The first-order valence-electron chi connectivity index (χ1n) is 6.60. The largest absolute Gasteiger partial charge is 0.465 e. The van der Waals surface area contributed by atoms with Gasteiger partial charge in [0, 0.05) is 21.6 Å². The lowest BCUT2D eigenvalue weighted by Crippen LogP contribution is -2.00. The first-order valence-corrected chi connectivity index (χ1v) is 7.39. The monoisotopic (exact) mass is 343 g/mol. The number of benzene rings is 2. The van der Waals surface area contributed by atoms with Crippen molar-refractivity contribution in [3.63, 3.8) is 0 Å². The molecule has 0 aliphatic heterocycles. The third kappa shape index (κ3) is 2.85. The number of carbonyl (C=O) groups is 1. The quantitative estimate of drug-likeness (QED) is 0.720. The van der Waals surface area contributed by atoms with Crippen LogP contribution in [-0.2, 0) is 11.2 Å². The molecule has 21 heavy (non-hydrogen) atoms. The Morgan fingerprint density at radius 3 is 2.67 bits per heavy atom. The molecular weight excluding hydrogens is 330 g/mol. The van der Waals surface area contributed by atoms with Crippen molar-refractivity contribution in [2.45, 2.75) is 6.42 Å². The van der Waals surface area contributed by atoms with Crippen LogP contribution in [0.15, 0.2) is 53.1 Å². The molecule has 0 spiro atoms. The molecule has 1 heterocycles. The number of fused-ring (bicyclic) bond motifs is 1. The van der Waals surface area contributed by atoms with Gasteiger partial charge in [0.1, 0.15) is 0 Å². The van der Waals surface area contributed by atoms with Crippen LogP contribution in [0.5, 0.6) is 0 Å². The highest BCUT2D eigenvalue weighted by Crippen LogP contribution is 2.24. The van der Waals surface area contributed by atoms with Gasteiger partial charge in [0.05, 0.1) is 12.7 Å². The SMILES string of the molecule is COC(=O)c1ccc(Cc2c[nH]c3ccc(Br)cc23)cc1. The van der Waals surface area contributed by atoms with E-state index in [1.807, 2.05) is 24.4 Å². The fourth-order valence-corrected chi connectivity index (χ4v) is 2.75. The highest BCUT2D eigenvalue weighted by molar-refractivity contribution is 9.10. The summed E-state index contributed by atoms with van der Waals surface area (Å²) < 4.78 is 5.77. The van der Waals surface area contributed by atoms with Gasteiger partial charge in [-0.3, -0.25) is 0 Å². The van der Waals surface area contributed by atoms with Crippen molar-refractivity contribution in [2.24, 2.45) is 0 Å². The van der Waals surface area contributed by atoms with Crippen molar-refractivity contribution in [1.29, 1.82) is 0 Å². The van der Waals surface area contributed by atoms with E-state index in [4.69, 9.17) is 4.74 Å². The summed E-state index contributed by atoms with van der Waals surface area (Å²) in [6, 6.07) is 13.7. The third-order valence-corrected chi connectivity index (χ3v) is 3.99. The molecule has 0 aliphatic carbocycles. The van der Waals surface area contributed by atoms with Gasteiger partial charge >= 0.3 is 5.97 Å². The molecule has 0 saturated heterocycles. The molecule has 0 saturated carbocycles. The fraction of sp³-hybridized carbons (Fsp3) is 0.118. The summed E-state index contributed by atoms with van der Waals surface area (Å²) in [7, 11) is 1.39. The molecule has 0 fully saturated rings. The first-order chi connectivity index (χ1) is 10.2. The van der Waals surface area contributed by atoms with Crippen molar-refractivity contribution >= 4 is 32.8 Å². The topological polar surface area (TPSA) is 42.1 Å². The molecule has 0 bridgehead atoms. The Kier molecular flexibility index (Phi) is 3.80. The predicted molar refractivity (Wildman–Crippen MR) is 86.6 cm³/mol. The van der Waals surface area contributed by atoms with Crippen LogP contribution in [0.4, 0.5) is 0 Å². The van der Waals surface area contributed by atoms with Crippen LogP contribution in [0.2, 0.25) is 0 Å². The molecule has 3 aromatic rings. The van der Waals surface area contributed by atoms with E-state index in [0.717, 1.165) is 22.0 Å². The Morgan fingerprint density at radius 1 is 1.19 bits per heavy atom. The molecule has 1 aromatic heterocycles. The van der Waals surface area contributed by atoms with E-state index in [1.165, 1.54) is 18.1 Å². The molecule has 0 amide bonds. The zero-order valence-corrected chi connectivity index (χ0v) is 13.1. The smallest absolute Gasteiger partial charge is 0.337 e. The number of hydrogen-bond donors (Lipinski definition) is 1. The summed E-state index contributed by atoms with van der Waals surface area (Å²) in [6.07, 6.45) is 2.85. The number of methoxy groups -OCH3 is 1. The summed E-state index contributed by atoms with van der Waals surface area (Å²) in [4.78, 5) is 14.7. The van der Waals surface area contributed by atoms with Crippen LogP contribution in [0, 0.1) is 0 Å². The Bertz CT molecular complexity index is 790. The van der Waals surface area contributed by atoms with Gasteiger partial charge in [-0.1, -0.05) is 28.1 Å². The van der Waals surface area contributed by atoms with Gasteiger partial charge < -0.3 is 9.72 Å². The first kappa shape index (κ1) is 13.9. The van der Waals surface area contributed by atoms with Gasteiger partial charge in [-0.25, -0.2) is 4.79 Å². The zero-order valence-electron chi connectivity index (χ0n) is 11.5. The second-order valence-electron chi connectivity index (χ2n) is 4.87. The fourth-order valence-electron chi connectivity index (χ4n) is 2.39. The van der Waals surface area contributed by atoms with Gasteiger partial charge in [0.25, 0.3) is 0 Å². The number of aromatic amines is 1. The Labute approximate surface area is 131 Å². The van der Waals surface area contributed by atoms with Gasteiger partial charge in [-0.2, -0.15) is 0 Å². The van der Waals surface area contributed by atoms with E-state index >= 15 is 0 Å². The Balaban J connectivity index is 1.88. The molecule has 0 aliphatic rings. The number of hydrogen-bond acceptors (Lipinski definition) is 2. The van der Waals surface area contributed by atoms with Gasteiger partial charge in [-0.15, -0.1) is 0 Å². The molecule has 3 nitrogen and oxygen atoms in total. The van der Waals surface area contributed by atoms with Crippen LogP contribution >= 0.6 is 15.9 Å². The number of carbonyl (C=O) groups excluding carboxylic acids is 1. The van der Waals surface area contributed by atoms with Crippen LogP contribution in [0.25, 0.3) is 10.9 Å². The minimum Gasteiger partial charge on any atom is -0.465 e. The predicted octanol–water partition coefficient (Wildman–Crippen LogP) is 4.31. The summed E-state index contributed by atoms with van der Waals surface area (Å²) >= 11 is 3.50. The van der Waals surface area contributed by atoms with Crippen LogP contribution in [-0.4, -0.2) is 18.1 Å². The van der Waals surface area contributed by atoms with E-state index in [9.17, 15) is 4.79 Å². The lowest BCUT2D eigenvalue weighted by atomic mass is 10.0. The van der Waals surface area contributed by atoms with Crippen molar-refractivity contribution in [3.8, 4) is 0 Å². The average Bonchev–Trinajstić information content (AvgIpc) is 2.89. The van der Waals surface area contributed by atoms with Crippen molar-refractivity contribution in [3.05, 3.63) is 69.8 Å². The number of aromatic nitrogens is 1. The molecule has 0 radical (unpaired) electrons. The number of rotatable bonds is 3. The molecule has 0 unspecified atom stereocenters. The van der Waals surface area contributed by atoms with Crippen LogP contribution in [0.3, 0.4) is 0 Å². The summed E-state index contributed by atoms with van der Waals surface area (Å²) in [6.45, 7) is 0. The number of H-pyrrole nitrogens is 1. The second-order valence-corrected chi connectivity index (χ2v) is 5.78.